The minimum Gasteiger partial charge on any atom is -0.508 e. The number of esters is 3. The highest BCUT2D eigenvalue weighted by atomic mass is 31.2. The van der Waals surface area contributed by atoms with Crippen LogP contribution in [0.3, 0.4) is 0 Å². The standard InChI is InChI=1S/C62H88NO15P/c1-3-5-7-9-11-13-15-17-19-21-23-25-27-29-31-33-56(66)73-45-49(76-57(67)34-32-30-28-26-24-22-20-18-16-14-12-10-8-6-4-2)46-75-79(71,72)74-42-41-63-53-40-39-52-58(59(53)60(68)69)61(70)78-62(52)50-37-35-47(64)43-54(50)77-55-44-48(65)36-38-51(55)62/h17-20,35-40,43-44,49,63-65H,3-16,21-34,41-42,45-46H2,1-2H3,(H,68,69)(H,71,72)/b19-17-,20-18-/t49-/m1/s1. The molecule has 2 heterocycles. The van der Waals surface area contributed by atoms with Crippen molar-refractivity contribution in [3.05, 3.63) is 101 Å². The lowest BCUT2D eigenvalue weighted by Crippen LogP contribution is -2.33. The molecule has 436 valence electrons. The van der Waals surface area contributed by atoms with Crippen molar-refractivity contribution >= 4 is 37.4 Å². The number of phenols is 2. The van der Waals surface area contributed by atoms with Crippen LogP contribution in [0.2, 0.25) is 0 Å². The monoisotopic (exact) mass is 1120 g/mol. The van der Waals surface area contributed by atoms with Crippen molar-refractivity contribution in [2.24, 2.45) is 0 Å². The van der Waals surface area contributed by atoms with Crippen molar-refractivity contribution in [1.29, 1.82) is 0 Å². The van der Waals surface area contributed by atoms with E-state index in [2.05, 4.69) is 43.5 Å². The molecule has 0 aromatic heterocycles. The first kappa shape index (κ1) is 64.2. The molecular weight excluding hydrogens is 1030 g/mol. The average Bonchev–Trinajstić information content (AvgIpc) is 3.35. The van der Waals surface area contributed by atoms with E-state index in [-0.39, 0.29) is 59.2 Å². The number of carbonyl (C=O) groups excluding carboxylic acids is 3. The number of aromatic hydroxyl groups is 2. The Morgan fingerprint density at radius 2 is 1.09 bits per heavy atom. The van der Waals surface area contributed by atoms with Crippen LogP contribution in [0.4, 0.5) is 5.69 Å². The van der Waals surface area contributed by atoms with Crippen LogP contribution in [0.15, 0.2) is 72.8 Å². The second-order valence-electron chi connectivity index (χ2n) is 20.7. The molecule has 0 amide bonds. The zero-order valence-electron chi connectivity index (χ0n) is 46.9. The number of phosphoric acid groups is 1. The minimum atomic E-state index is -4.82. The number of rotatable bonds is 42. The molecule has 1 unspecified atom stereocenters. The van der Waals surface area contributed by atoms with Gasteiger partial charge in [-0.3, -0.25) is 18.6 Å². The third kappa shape index (κ3) is 21.4. The van der Waals surface area contributed by atoms with Crippen molar-refractivity contribution in [1.82, 2.24) is 0 Å². The first-order valence-electron chi connectivity index (χ1n) is 29.3. The van der Waals surface area contributed by atoms with Crippen LogP contribution in [0, 0.1) is 0 Å². The number of ether oxygens (including phenoxy) is 4. The number of unbranched alkanes of at least 4 members (excludes halogenated alkanes) is 22. The maximum Gasteiger partial charge on any atom is 0.472 e. The SMILES string of the molecule is CCCCCCCC/C=C\CCCCCCCC(=O)OC[C@H](COP(=O)(O)OCCNc1ccc2c(c1C(=O)O)C(=O)OC21c2ccc(O)cc2Oc2cc(O)ccc21)OC(=O)CCCCCCC/C=C\CCCCCCCC. The third-order valence-corrected chi connectivity index (χ3v) is 15.3. The third-order valence-electron chi connectivity index (χ3n) is 14.3. The summed E-state index contributed by atoms with van der Waals surface area (Å²) in [5, 5.41) is 33.9. The molecule has 5 rings (SSSR count). The smallest absolute Gasteiger partial charge is 0.472 e. The van der Waals surface area contributed by atoms with Gasteiger partial charge in [-0.05, 0) is 94.5 Å². The zero-order chi connectivity index (χ0) is 56.7. The summed E-state index contributed by atoms with van der Waals surface area (Å²) in [5.41, 5.74) is -1.65. The van der Waals surface area contributed by atoms with Crippen LogP contribution in [-0.2, 0) is 43.0 Å². The zero-order valence-corrected chi connectivity index (χ0v) is 47.8. The summed E-state index contributed by atoms with van der Waals surface area (Å²) in [7, 11) is -4.82. The second-order valence-corrected chi connectivity index (χ2v) is 22.2. The van der Waals surface area contributed by atoms with Gasteiger partial charge in [-0.15, -0.1) is 0 Å². The molecule has 2 aliphatic rings. The van der Waals surface area contributed by atoms with E-state index in [1.165, 1.54) is 126 Å². The number of fused-ring (bicyclic) bond motifs is 6. The Morgan fingerprint density at radius 1 is 0.620 bits per heavy atom. The van der Waals surface area contributed by atoms with E-state index < -0.39 is 68.8 Å². The van der Waals surface area contributed by atoms with Crippen molar-refractivity contribution < 1.29 is 72.0 Å². The largest absolute Gasteiger partial charge is 0.508 e. The molecule has 3 aromatic rings. The molecule has 1 spiro atoms. The first-order valence-corrected chi connectivity index (χ1v) is 30.8. The highest BCUT2D eigenvalue weighted by Crippen LogP contribution is 2.58. The van der Waals surface area contributed by atoms with Crippen molar-refractivity contribution in [3.8, 4) is 23.0 Å². The Bertz CT molecular complexity index is 2440. The number of carbonyl (C=O) groups is 4. The van der Waals surface area contributed by atoms with Gasteiger partial charge < -0.3 is 44.5 Å². The number of hydrogen-bond acceptors (Lipinski definition) is 14. The van der Waals surface area contributed by atoms with Crippen LogP contribution in [0.1, 0.15) is 231 Å². The average molecular weight is 1120 g/mol. The highest BCUT2D eigenvalue weighted by Gasteiger charge is 2.55. The highest BCUT2D eigenvalue weighted by molar-refractivity contribution is 7.47. The molecular formula is C62H88NO15P. The Balaban J connectivity index is 1.09. The number of allylic oxidation sites excluding steroid dienone is 4. The normalized spacial score (nSPS) is 14.3. The van der Waals surface area contributed by atoms with Gasteiger partial charge >= 0.3 is 31.7 Å². The summed E-state index contributed by atoms with van der Waals surface area (Å²) < 4.78 is 46.8. The van der Waals surface area contributed by atoms with Crippen molar-refractivity contribution in [3.63, 3.8) is 0 Å². The molecule has 0 bridgehead atoms. The second kappa shape index (κ2) is 35.1. The molecule has 5 N–H and O–H groups in total. The summed E-state index contributed by atoms with van der Waals surface area (Å²) in [6, 6.07) is 11.3. The topological polar surface area (TPSA) is 234 Å². The lowest BCUT2D eigenvalue weighted by molar-refractivity contribution is -0.161. The summed E-state index contributed by atoms with van der Waals surface area (Å²) in [6.45, 7) is 2.75. The number of phosphoric ester groups is 1. The summed E-state index contributed by atoms with van der Waals surface area (Å²) in [6.07, 6.45) is 37.3. The Morgan fingerprint density at radius 3 is 1.59 bits per heavy atom. The summed E-state index contributed by atoms with van der Waals surface area (Å²) in [5.74, 6) is -3.52. The number of benzene rings is 3. The van der Waals surface area contributed by atoms with E-state index in [4.69, 9.17) is 28.0 Å². The lowest BCUT2D eigenvalue weighted by atomic mass is 9.77. The fraction of sp³-hybridized carbons (Fsp3) is 0.581. The van der Waals surface area contributed by atoms with E-state index >= 15 is 0 Å². The van der Waals surface area contributed by atoms with Crippen LogP contribution in [0.5, 0.6) is 23.0 Å². The summed E-state index contributed by atoms with van der Waals surface area (Å²) >= 11 is 0. The van der Waals surface area contributed by atoms with E-state index in [1.807, 2.05) is 0 Å². The molecule has 79 heavy (non-hydrogen) atoms. The van der Waals surface area contributed by atoms with Gasteiger partial charge in [0.25, 0.3) is 0 Å². The predicted molar refractivity (Wildman–Crippen MR) is 305 cm³/mol. The number of carboxylic acids is 1. The Kier molecular flexibility index (Phi) is 28.5. The van der Waals surface area contributed by atoms with Gasteiger partial charge in [-0.25, -0.2) is 14.2 Å². The quantitative estimate of drug-likeness (QED) is 0.0117. The number of nitrogens with one attached hydrogen (secondary N) is 1. The van der Waals surface area contributed by atoms with E-state index in [1.54, 1.807) is 0 Å². The molecule has 16 nitrogen and oxygen atoms in total. The molecule has 17 heteroatoms. The van der Waals surface area contributed by atoms with E-state index in [0.29, 0.717) is 24.0 Å². The minimum absolute atomic E-state index is 0.0248. The summed E-state index contributed by atoms with van der Waals surface area (Å²) in [4.78, 5) is 63.2. The fourth-order valence-electron chi connectivity index (χ4n) is 10.0. The van der Waals surface area contributed by atoms with Gasteiger partial charge in [0.15, 0.2) is 11.7 Å². The number of aromatic carboxylic acids is 1. The van der Waals surface area contributed by atoms with Crippen LogP contribution in [0.25, 0.3) is 0 Å². The predicted octanol–water partition coefficient (Wildman–Crippen LogP) is 15.4. The van der Waals surface area contributed by atoms with Crippen LogP contribution >= 0.6 is 7.82 Å². The van der Waals surface area contributed by atoms with Gasteiger partial charge in [0.1, 0.15) is 29.6 Å². The maximum atomic E-state index is 13.8. The van der Waals surface area contributed by atoms with Gasteiger partial charge in [0.05, 0.1) is 24.3 Å². The van der Waals surface area contributed by atoms with Crippen molar-refractivity contribution in [2.45, 2.75) is 205 Å². The van der Waals surface area contributed by atoms with E-state index in [9.17, 15) is 44.0 Å². The molecule has 2 atom stereocenters. The number of phenolic OH excluding ortho intramolecular Hbond substituents is 2. The molecule has 0 radical (unpaired) electrons. The molecule has 0 saturated heterocycles. The van der Waals surface area contributed by atoms with Gasteiger partial charge in [0, 0.05) is 53.9 Å². The van der Waals surface area contributed by atoms with E-state index in [0.717, 1.165) is 77.0 Å². The molecule has 0 aliphatic carbocycles. The van der Waals surface area contributed by atoms with Crippen LogP contribution in [-0.4, -0.2) is 76.6 Å². The fourth-order valence-corrected chi connectivity index (χ4v) is 10.8. The number of carboxylic acid groups (broad SMARTS) is 1. The van der Waals surface area contributed by atoms with Gasteiger partial charge in [-0.1, -0.05) is 147 Å². The van der Waals surface area contributed by atoms with Crippen LogP contribution < -0.4 is 10.1 Å². The van der Waals surface area contributed by atoms with Gasteiger partial charge in [0.2, 0.25) is 0 Å². The Labute approximate surface area is 468 Å². The number of anilines is 1. The molecule has 2 aliphatic heterocycles. The Hall–Kier alpha value is -5.67. The lowest BCUT2D eigenvalue weighted by Gasteiger charge is -2.36. The molecule has 0 saturated carbocycles. The molecule has 0 fully saturated rings. The first-order chi connectivity index (χ1) is 38.3. The van der Waals surface area contributed by atoms with Gasteiger partial charge in [-0.2, -0.15) is 0 Å². The van der Waals surface area contributed by atoms with Crippen molar-refractivity contribution in [2.75, 3.05) is 31.7 Å². The molecule has 3 aromatic carbocycles. The maximum absolute atomic E-state index is 13.8. The number of hydrogen-bond donors (Lipinski definition) is 5.